The third-order valence-corrected chi connectivity index (χ3v) is 5.85. The Hall–Kier alpha value is -0.820. The van der Waals surface area contributed by atoms with E-state index in [0.717, 1.165) is 38.5 Å². The zero-order chi connectivity index (χ0) is 12.5. The fraction of sp³-hybridized carbons (Fsp3) is 0.900. The summed E-state index contributed by atoms with van der Waals surface area (Å²) in [6, 6.07) is 0.0286. The topological polar surface area (TPSA) is 96.0 Å². The molecule has 7 heteroatoms. The number of hydrogen-bond acceptors (Lipinski definition) is 4. The number of nitrogens with two attached hydrogens (primary N) is 1. The fourth-order valence-electron chi connectivity index (χ4n) is 2.37. The van der Waals surface area contributed by atoms with Gasteiger partial charge in [0.05, 0.1) is 11.8 Å². The van der Waals surface area contributed by atoms with Crippen molar-refractivity contribution < 1.29 is 13.6 Å². The molecule has 0 atom stereocenters. The highest BCUT2D eigenvalue weighted by Gasteiger charge is 2.43. The molecule has 0 spiro atoms. The molecule has 0 aliphatic heterocycles. The van der Waals surface area contributed by atoms with Gasteiger partial charge in [-0.3, -0.25) is 0 Å². The molecule has 0 saturated heterocycles. The van der Waals surface area contributed by atoms with Gasteiger partial charge in [-0.15, -0.1) is 0 Å². The third-order valence-electron chi connectivity index (χ3n) is 3.45. The molecule has 98 valence electrons. The van der Waals surface area contributed by atoms with Gasteiger partial charge in [0, 0.05) is 6.04 Å². The molecule has 0 aromatic rings. The van der Waals surface area contributed by atoms with Crippen LogP contribution in [0.25, 0.3) is 0 Å². The molecule has 0 heterocycles. The number of nitrogens with zero attached hydrogens (tertiary/aromatic N) is 2. The van der Waals surface area contributed by atoms with Gasteiger partial charge in [0.1, 0.15) is 0 Å². The quantitative estimate of drug-likeness (QED) is 0.325. The number of hydrogen-bond donors (Lipinski definition) is 2. The van der Waals surface area contributed by atoms with Gasteiger partial charge in [-0.05, 0) is 25.7 Å². The highest BCUT2D eigenvalue weighted by atomic mass is 32.2. The number of rotatable bonds is 5. The maximum atomic E-state index is 12.3. The Balaban J connectivity index is 2.16. The van der Waals surface area contributed by atoms with Gasteiger partial charge < -0.3 is 10.9 Å². The summed E-state index contributed by atoms with van der Waals surface area (Å²) in [5, 5.41) is 11.2. The summed E-state index contributed by atoms with van der Waals surface area (Å²) < 4.78 is 26.0. The molecule has 2 aliphatic rings. The van der Waals surface area contributed by atoms with Crippen molar-refractivity contribution in [2.24, 2.45) is 10.9 Å². The van der Waals surface area contributed by atoms with Crippen LogP contribution >= 0.6 is 0 Å². The van der Waals surface area contributed by atoms with Gasteiger partial charge in [0.25, 0.3) is 0 Å². The highest BCUT2D eigenvalue weighted by molar-refractivity contribution is 7.90. The van der Waals surface area contributed by atoms with Crippen LogP contribution in [0.2, 0.25) is 0 Å². The van der Waals surface area contributed by atoms with Crippen LogP contribution in [0.3, 0.4) is 0 Å². The summed E-state index contributed by atoms with van der Waals surface area (Å²) in [4.78, 5) is 0. The van der Waals surface area contributed by atoms with Crippen molar-refractivity contribution >= 4 is 15.9 Å². The Kier molecular flexibility index (Phi) is 3.58. The van der Waals surface area contributed by atoms with E-state index in [1.54, 1.807) is 0 Å². The van der Waals surface area contributed by atoms with Gasteiger partial charge >= 0.3 is 0 Å². The lowest BCUT2D eigenvalue weighted by Gasteiger charge is -2.27. The van der Waals surface area contributed by atoms with Crippen LogP contribution in [-0.4, -0.2) is 41.6 Å². The van der Waals surface area contributed by atoms with Crippen LogP contribution in [0, 0.1) is 0 Å². The molecule has 0 radical (unpaired) electrons. The molecule has 2 fully saturated rings. The highest BCUT2D eigenvalue weighted by Crippen LogP contribution is 2.35. The molecule has 2 saturated carbocycles. The van der Waals surface area contributed by atoms with E-state index in [4.69, 9.17) is 10.9 Å². The molecule has 0 bridgehead atoms. The van der Waals surface area contributed by atoms with Gasteiger partial charge in [0.15, 0.2) is 5.84 Å². The van der Waals surface area contributed by atoms with E-state index in [1.807, 2.05) is 0 Å². The van der Waals surface area contributed by atoms with Gasteiger partial charge in [-0.25, -0.2) is 8.42 Å². The molecule has 0 aromatic heterocycles. The minimum absolute atomic E-state index is 0.0139. The van der Waals surface area contributed by atoms with E-state index in [2.05, 4.69) is 5.16 Å². The molecule has 2 rings (SSSR count). The second-order valence-corrected chi connectivity index (χ2v) is 6.98. The largest absolute Gasteiger partial charge is 0.409 e. The maximum absolute atomic E-state index is 12.3. The predicted octanol–water partition coefficient (Wildman–Crippen LogP) is 0.470. The van der Waals surface area contributed by atoms with Crippen molar-refractivity contribution in [2.45, 2.75) is 49.8 Å². The summed E-state index contributed by atoms with van der Waals surface area (Å²) in [6.45, 7) is 0.0139. The van der Waals surface area contributed by atoms with Crippen molar-refractivity contribution in [3.63, 3.8) is 0 Å². The Labute approximate surface area is 102 Å². The van der Waals surface area contributed by atoms with Gasteiger partial charge in [-0.2, -0.15) is 4.31 Å². The van der Waals surface area contributed by atoms with E-state index < -0.39 is 10.0 Å². The first kappa shape index (κ1) is 12.6. The van der Waals surface area contributed by atoms with Crippen LogP contribution in [0.4, 0.5) is 0 Å². The lowest BCUT2D eigenvalue weighted by Crippen LogP contribution is -2.45. The van der Waals surface area contributed by atoms with Crippen LogP contribution < -0.4 is 5.73 Å². The summed E-state index contributed by atoms with van der Waals surface area (Å²) in [7, 11) is -3.26. The van der Waals surface area contributed by atoms with E-state index in [9.17, 15) is 8.42 Å². The SMILES string of the molecule is NC(CN(C1CCCC1)S(=O)(=O)C1CC1)=NO. The van der Waals surface area contributed by atoms with Crippen LogP contribution in [-0.2, 0) is 10.0 Å². The Morgan fingerprint density at radius 2 is 1.88 bits per heavy atom. The van der Waals surface area contributed by atoms with Crippen LogP contribution in [0.15, 0.2) is 5.16 Å². The number of sulfonamides is 1. The molecule has 0 amide bonds. The molecular weight excluding hydrogens is 242 g/mol. The average molecular weight is 261 g/mol. The summed E-state index contributed by atoms with van der Waals surface area (Å²) in [6.07, 6.45) is 5.34. The molecule has 17 heavy (non-hydrogen) atoms. The second-order valence-electron chi connectivity index (χ2n) is 4.82. The molecule has 6 nitrogen and oxygen atoms in total. The molecule has 3 N–H and O–H groups in total. The Morgan fingerprint density at radius 3 is 2.35 bits per heavy atom. The Bertz CT molecular complexity index is 397. The molecular formula is C10H19N3O3S. The van der Waals surface area contributed by atoms with E-state index >= 15 is 0 Å². The van der Waals surface area contributed by atoms with E-state index in [1.165, 1.54) is 4.31 Å². The predicted molar refractivity (Wildman–Crippen MR) is 64.3 cm³/mol. The smallest absolute Gasteiger partial charge is 0.217 e. The summed E-state index contributed by atoms with van der Waals surface area (Å²) in [5.74, 6) is -0.0406. The standard InChI is InChI=1S/C10H19N3O3S/c11-10(12-14)7-13(8-3-1-2-4-8)17(15,16)9-5-6-9/h8-9,14H,1-7H2,(H2,11,12). The van der Waals surface area contributed by atoms with E-state index in [-0.39, 0.29) is 23.7 Å². The molecule has 0 aromatic carbocycles. The monoisotopic (exact) mass is 261 g/mol. The molecule has 2 aliphatic carbocycles. The van der Waals surface area contributed by atoms with Crippen molar-refractivity contribution in [3.05, 3.63) is 0 Å². The number of amidine groups is 1. The zero-order valence-corrected chi connectivity index (χ0v) is 10.6. The summed E-state index contributed by atoms with van der Waals surface area (Å²) >= 11 is 0. The van der Waals surface area contributed by atoms with Crippen molar-refractivity contribution in [1.82, 2.24) is 4.31 Å². The van der Waals surface area contributed by atoms with Crippen molar-refractivity contribution in [3.8, 4) is 0 Å². The lowest BCUT2D eigenvalue weighted by atomic mass is 10.2. The average Bonchev–Trinajstić information content (AvgIpc) is 3.04. The van der Waals surface area contributed by atoms with E-state index in [0.29, 0.717) is 0 Å². The fourth-order valence-corrected chi connectivity index (χ4v) is 4.42. The maximum Gasteiger partial charge on any atom is 0.217 e. The first-order chi connectivity index (χ1) is 8.05. The Morgan fingerprint density at radius 1 is 1.29 bits per heavy atom. The minimum Gasteiger partial charge on any atom is -0.409 e. The molecule has 0 unspecified atom stereocenters. The third kappa shape index (κ3) is 2.71. The first-order valence-corrected chi connectivity index (χ1v) is 7.53. The first-order valence-electron chi connectivity index (χ1n) is 6.02. The van der Waals surface area contributed by atoms with Crippen molar-refractivity contribution in [1.29, 1.82) is 0 Å². The zero-order valence-electron chi connectivity index (χ0n) is 9.75. The van der Waals surface area contributed by atoms with Crippen molar-refractivity contribution in [2.75, 3.05) is 6.54 Å². The van der Waals surface area contributed by atoms with Crippen LogP contribution in [0.5, 0.6) is 0 Å². The van der Waals surface area contributed by atoms with Crippen LogP contribution in [0.1, 0.15) is 38.5 Å². The van der Waals surface area contributed by atoms with Gasteiger partial charge in [-0.1, -0.05) is 18.0 Å². The minimum atomic E-state index is -3.26. The number of oxime groups is 1. The summed E-state index contributed by atoms with van der Waals surface area (Å²) in [5.41, 5.74) is 5.45. The second kappa shape index (κ2) is 4.81. The normalized spacial score (nSPS) is 23.5. The lowest BCUT2D eigenvalue weighted by molar-refractivity contribution is 0.308. The van der Waals surface area contributed by atoms with Gasteiger partial charge in [0.2, 0.25) is 10.0 Å².